The fraction of sp³-hybridized carbons (Fsp3) is 0.583. The van der Waals surface area contributed by atoms with Crippen LogP contribution in [0.15, 0.2) is 11.6 Å². The van der Waals surface area contributed by atoms with Gasteiger partial charge in [0.05, 0.1) is 12.2 Å². The lowest BCUT2D eigenvalue weighted by molar-refractivity contribution is -0.146. The van der Waals surface area contributed by atoms with Crippen LogP contribution in [0.5, 0.6) is 0 Å². The Labute approximate surface area is 123 Å². The topological polar surface area (TPSA) is 49.8 Å². The Morgan fingerprint density at radius 2 is 1.95 bits per heavy atom. The van der Waals surface area contributed by atoms with Crippen molar-refractivity contribution in [3.05, 3.63) is 17.3 Å². The Kier molecular flexibility index (Phi) is 3.80. The SMILES string of the molecule is NCc1c(N2CCN(CC(F)(F)F)CC2)nc2sccn12. The van der Waals surface area contributed by atoms with E-state index >= 15 is 0 Å². The van der Waals surface area contributed by atoms with Gasteiger partial charge in [-0.15, -0.1) is 11.3 Å². The number of alkyl halides is 3. The molecule has 0 bridgehead atoms. The van der Waals surface area contributed by atoms with Crippen molar-refractivity contribution in [3.63, 3.8) is 0 Å². The molecule has 0 unspecified atom stereocenters. The molecule has 0 aromatic carbocycles. The Balaban J connectivity index is 1.72. The minimum Gasteiger partial charge on any atom is -0.352 e. The molecule has 0 spiro atoms. The van der Waals surface area contributed by atoms with Gasteiger partial charge in [-0.1, -0.05) is 0 Å². The van der Waals surface area contributed by atoms with E-state index in [1.807, 2.05) is 20.9 Å². The van der Waals surface area contributed by atoms with Crippen molar-refractivity contribution in [2.24, 2.45) is 5.73 Å². The van der Waals surface area contributed by atoms with Crippen molar-refractivity contribution in [2.75, 3.05) is 37.6 Å². The van der Waals surface area contributed by atoms with Crippen molar-refractivity contribution < 1.29 is 13.2 Å². The summed E-state index contributed by atoms with van der Waals surface area (Å²) in [5.74, 6) is 0.802. The van der Waals surface area contributed by atoms with E-state index in [1.165, 1.54) is 16.2 Å². The molecule has 0 aliphatic carbocycles. The van der Waals surface area contributed by atoms with Crippen LogP contribution in [-0.4, -0.2) is 53.2 Å². The molecule has 0 amide bonds. The highest BCUT2D eigenvalue weighted by Crippen LogP contribution is 2.26. The number of hydrogen-bond donors (Lipinski definition) is 1. The lowest BCUT2D eigenvalue weighted by Gasteiger charge is -2.35. The number of fused-ring (bicyclic) bond motifs is 1. The number of anilines is 1. The van der Waals surface area contributed by atoms with E-state index in [9.17, 15) is 13.2 Å². The van der Waals surface area contributed by atoms with Crippen LogP contribution in [0.25, 0.3) is 4.96 Å². The van der Waals surface area contributed by atoms with Crippen molar-refractivity contribution in [3.8, 4) is 0 Å². The first kappa shape index (κ1) is 14.6. The van der Waals surface area contributed by atoms with Gasteiger partial charge in [0.2, 0.25) is 0 Å². The largest absolute Gasteiger partial charge is 0.401 e. The Morgan fingerprint density at radius 3 is 2.57 bits per heavy atom. The standard InChI is InChI=1S/C12H16F3N5S/c13-12(14,15)8-18-1-3-19(4-2-18)10-9(7-16)20-5-6-21-11(20)17-10/h5-6H,1-4,7-8,16H2. The Hall–Kier alpha value is -1.32. The molecule has 2 aromatic rings. The molecular formula is C12H16F3N5S. The van der Waals surface area contributed by atoms with E-state index in [-0.39, 0.29) is 0 Å². The summed E-state index contributed by atoms with van der Waals surface area (Å²) in [4.78, 5) is 8.87. The number of aromatic nitrogens is 2. The van der Waals surface area contributed by atoms with Crippen LogP contribution in [-0.2, 0) is 6.54 Å². The molecule has 3 rings (SSSR count). The number of nitrogens with two attached hydrogens (primary N) is 1. The molecule has 3 heterocycles. The second-order valence-corrected chi connectivity index (χ2v) is 5.89. The normalized spacial score (nSPS) is 17.8. The summed E-state index contributed by atoms with van der Waals surface area (Å²) < 4.78 is 39.1. The maximum atomic E-state index is 12.4. The van der Waals surface area contributed by atoms with E-state index in [4.69, 9.17) is 5.73 Å². The Morgan fingerprint density at radius 1 is 1.24 bits per heavy atom. The van der Waals surface area contributed by atoms with Gasteiger partial charge < -0.3 is 10.6 Å². The van der Waals surface area contributed by atoms with E-state index in [0.717, 1.165) is 16.5 Å². The molecule has 21 heavy (non-hydrogen) atoms. The molecule has 0 saturated carbocycles. The summed E-state index contributed by atoms with van der Waals surface area (Å²) in [6.45, 7) is 1.35. The van der Waals surface area contributed by atoms with Crippen LogP contribution < -0.4 is 10.6 Å². The maximum absolute atomic E-state index is 12.4. The number of nitrogens with zero attached hydrogens (tertiary/aromatic N) is 4. The summed E-state index contributed by atoms with van der Waals surface area (Å²) in [5.41, 5.74) is 6.71. The van der Waals surface area contributed by atoms with Crippen LogP contribution in [0, 0.1) is 0 Å². The quantitative estimate of drug-likeness (QED) is 0.932. The second-order valence-electron chi connectivity index (χ2n) is 5.02. The molecule has 2 aromatic heterocycles. The smallest absolute Gasteiger partial charge is 0.352 e. The van der Waals surface area contributed by atoms with Gasteiger partial charge in [0.25, 0.3) is 0 Å². The van der Waals surface area contributed by atoms with Crippen molar-refractivity contribution in [1.82, 2.24) is 14.3 Å². The minimum atomic E-state index is -4.14. The third-order valence-electron chi connectivity index (χ3n) is 3.61. The van der Waals surface area contributed by atoms with Gasteiger partial charge in [-0.25, -0.2) is 4.98 Å². The first-order valence-electron chi connectivity index (χ1n) is 6.66. The number of halogens is 3. The molecule has 1 fully saturated rings. The molecular weight excluding hydrogens is 303 g/mol. The number of piperazine rings is 1. The highest BCUT2D eigenvalue weighted by Gasteiger charge is 2.32. The maximum Gasteiger partial charge on any atom is 0.401 e. The van der Waals surface area contributed by atoms with Crippen molar-refractivity contribution in [2.45, 2.75) is 12.7 Å². The highest BCUT2D eigenvalue weighted by molar-refractivity contribution is 7.15. The predicted octanol–water partition coefficient (Wildman–Crippen LogP) is 1.54. The zero-order valence-corrected chi connectivity index (χ0v) is 12.1. The van der Waals surface area contributed by atoms with E-state index in [2.05, 4.69) is 4.98 Å². The van der Waals surface area contributed by atoms with Gasteiger partial charge in [0, 0.05) is 44.3 Å². The molecule has 9 heteroatoms. The van der Waals surface area contributed by atoms with Gasteiger partial charge in [0.1, 0.15) is 0 Å². The van der Waals surface area contributed by atoms with Crippen molar-refractivity contribution >= 4 is 22.1 Å². The average Bonchev–Trinajstić information content (AvgIpc) is 2.97. The van der Waals surface area contributed by atoms with Crippen molar-refractivity contribution in [1.29, 1.82) is 0 Å². The molecule has 1 saturated heterocycles. The lowest BCUT2D eigenvalue weighted by atomic mass is 10.3. The molecule has 1 aliphatic rings. The zero-order valence-electron chi connectivity index (χ0n) is 11.3. The molecule has 116 valence electrons. The van der Waals surface area contributed by atoms with Gasteiger partial charge >= 0.3 is 6.18 Å². The van der Waals surface area contributed by atoms with Crippen LogP contribution in [0.2, 0.25) is 0 Å². The van der Waals surface area contributed by atoms with E-state index < -0.39 is 12.7 Å². The van der Waals surface area contributed by atoms with E-state index in [1.54, 1.807) is 0 Å². The zero-order chi connectivity index (χ0) is 15.0. The minimum absolute atomic E-state index is 0.357. The summed E-state index contributed by atoms with van der Waals surface area (Å²) in [6.07, 6.45) is -2.22. The summed E-state index contributed by atoms with van der Waals surface area (Å²) in [5, 5.41) is 1.94. The van der Waals surface area contributed by atoms with Crippen LogP contribution >= 0.6 is 11.3 Å². The second kappa shape index (κ2) is 5.47. The lowest BCUT2D eigenvalue weighted by Crippen LogP contribution is -2.49. The van der Waals surface area contributed by atoms with Crippen LogP contribution in [0.3, 0.4) is 0 Å². The van der Waals surface area contributed by atoms with Crippen LogP contribution in [0.1, 0.15) is 5.69 Å². The summed E-state index contributed by atoms with van der Waals surface area (Å²) in [6, 6.07) is 0. The first-order valence-corrected chi connectivity index (χ1v) is 7.54. The van der Waals surface area contributed by atoms with Crippen LogP contribution in [0.4, 0.5) is 19.0 Å². The van der Waals surface area contributed by atoms with Gasteiger partial charge in [0.15, 0.2) is 10.8 Å². The molecule has 0 radical (unpaired) electrons. The van der Waals surface area contributed by atoms with Gasteiger partial charge in [-0.3, -0.25) is 9.30 Å². The molecule has 5 nitrogen and oxygen atoms in total. The summed E-state index contributed by atoms with van der Waals surface area (Å²) >= 11 is 1.52. The predicted molar refractivity (Wildman–Crippen MR) is 75.7 cm³/mol. The van der Waals surface area contributed by atoms with E-state index in [0.29, 0.717) is 32.7 Å². The number of imidazole rings is 1. The number of hydrogen-bond acceptors (Lipinski definition) is 5. The third-order valence-corrected chi connectivity index (χ3v) is 4.36. The molecule has 0 atom stereocenters. The number of thiazole rings is 1. The molecule has 1 aliphatic heterocycles. The fourth-order valence-corrected chi connectivity index (χ4v) is 3.36. The van der Waals surface area contributed by atoms with Gasteiger partial charge in [-0.2, -0.15) is 13.2 Å². The fourth-order valence-electron chi connectivity index (χ4n) is 2.64. The average molecular weight is 319 g/mol. The monoisotopic (exact) mass is 319 g/mol. The summed E-state index contributed by atoms with van der Waals surface area (Å²) in [7, 11) is 0. The third kappa shape index (κ3) is 2.99. The first-order chi connectivity index (χ1) is 9.98. The van der Waals surface area contributed by atoms with Gasteiger partial charge in [-0.05, 0) is 0 Å². The highest BCUT2D eigenvalue weighted by atomic mass is 32.1. The number of rotatable bonds is 3. The Bertz CT molecular complexity index is 612. The molecule has 2 N–H and O–H groups in total.